The van der Waals surface area contributed by atoms with Gasteiger partial charge in [-0.05, 0) is 24.3 Å². The molecule has 1 aliphatic rings. The summed E-state index contributed by atoms with van der Waals surface area (Å²) < 4.78 is 13.7. The molecule has 5 rings (SSSR count). The number of rotatable bonds is 4. The van der Waals surface area contributed by atoms with Gasteiger partial charge in [0.05, 0.1) is 25.1 Å². The molecule has 28 heavy (non-hydrogen) atoms. The zero-order valence-corrected chi connectivity index (χ0v) is 15.4. The molecule has 4 aromatic rings. The Morgan fingerprint density at radius 1 is 0.893 bits per heavy atom. The van der Waals surface area contributed by atoms with Gasteiger partial charge in [0, 0.05) is 31.0 Å². The van der Waals surface area contributed by atoms with Crippen molar-refractivity contribution in [3.05, 3.63) is 73.2 Å². The van der Waals surface area contributed by atoms with E-state index < -0.39 is 0 Å². The molecule has 2 aromatic carbocycles. The average molecular weight is 372 g/mol. The topological polar surface area (TPSA) is 51.9 Å². The van der Waals surface area contributed by atoms with Gasteiger partial charge >= 0.3 is 0 Å². The molecular weight excluding hydrogens is 352 g/mol. The molecule has 0 radical (unpaired) electrons. The minimum Gasteiger partial charge on any atom is -0.457 e. The van der Waals surface area contributed by atoms with E-state index in [0.717, 1.165) is 47.3 Å². The minimum absolute atomic E-state index is 0.712. The number of ether oxygens (including phenoxy) is 2. The molecule has 1 fully saturated rings. The lowest BCUT2D eigenvalue weighted by molar-refractivity contribution is 0.122. The van der Waals surface area contributed by atoms with Gasteiger partial charge in [0.25, 0.3) is 0 Å². The summed E-state index contributed by atoms with van der Waals surface area (Å²) in [6.45, 7) is 3.07. The van der Waals surface area contributed by atoms with E-state index in [1.54, 1.807) is 0 Å². The summed E-state index contributed by atoms with van der Waals surface area (Å²) in [5.41, 5.74) is 2.80. The molecule has 2 aromatic heterocycles. The first-order valence-corrected chi connectivity index (χ1v) is 9.37. The fourth-order valence-corrected chi connectivity index (χ4v) is 3.49. The largest absolute Gasteiger partial charge is 0.457 e. The summed E-state index contributed by atoms with van der Waals surface area (Å²) in [7, 11) is 0. The Kier molecular flexibility index (Phi) is 4.39. The Bertz CT molecular complexity index is 1090. The molecule has 0 saturated carbocycles. The summed E-state index contributed by atoms with van der Waals surface area (Å²) in [4.78, 5) is 11.5. The molecule has 0 spiro atoms. The van der Waals surface area contributed by atoms with Crippen molar-refractivity contribution in [3.63, 3.8) is 0 Å². The van der Waals surface area contributed by atoms with E-state index in [0.29, 0.717) is 13.2 Å². The fraction of sp³-hybridized carbons (Fsp3) is 0.182. The van der Waals surface area contributed by atoms with Crippen LogP contribution in [0, 0.1) is 0 Å². The summed E-state index contributed by atoms with van der Waals surface area (Å²) in [5.74, 6) is 2.48. The first-order valence-electron chi connectivity index (χ1n) is 9.37. The van der Waals surface area contributed by atoms with Gasteiger partial charge in [-0.1, -0.05) is 30.3 Å². The quantitative estimate of drug-likeness (QED) is 0.541. The number of morpholine rings is 1. The maximum absolute atomic E-state index is 6.15. The zero-order valence-electron chi connectivity index (χ0n) is 15.4. The highest BCUT2D eigenvalue weighted by Crippen LogP contribution is 2.34. The maximum atomic E-state index is 6.15. The summed E-state index contributed by atoms with van der Waals surface area (Å²) in [6, 6.07) is 17.8. The zero-order chi connectivity index (χ0) is 18.8. The first kappa shape index (κ1) is 16.8. The number of benzene rings is 2. The van der Waals surface area contributed by atoms with E-state index in [4.69, 9.17) is 9.47 Å². The maximum Gasteiger partial charge on any atom is 0.180 e. The molecule has 6 nitrogen and oxygen atoms in total. The van der Waals surface area contributed by atoms with Gasteiger partial charge in [0.1, 0.15) is 11.5 Å². The lowest BCUT2D eigenvalue weighted by atomic mass is 10.1. The predicted octanol–water partition coefficient (Wildman–Crippen LogP) is 4.03. The molecule has 0 unspecified atom stereocenters. The van der Waals surface area contributed by atoms with E-state index >= 15 is 0 Å². The van der Waals surface area contributed by atoms with Crippen LogP contribution in [0.5, 0.6) is 11.5 Å². The molecule has 0 bridgehead atoms. The smallest absolute Gasteiger partial charge is 0.180 e. The van der Waals surface area contributed by atoms with E-state index in [1.165, 1.54) is 0 Å². The second-order valence-electron chi connectivity index (χ2n) is 6.60. The van der Waals surface area contributed by atoms with Crippen molar-refractivity contribution >= 4 is 11.5 Å². The summed E-state index contributed by atoms with van der Waals surface area (Å²) >= 11 is 0. The van der Waals surface area contributed by atoms with Crippen LogP contribution in [-0.4, -0.2) is 40.7 Å². The monoisotopic (exact) mass is 372 g/mol. The molecule has 6 heteroatoms. The van der Waals surface area contributed by atoms with Gasteiger partial charge in [-0.15, -0.1) is 0 Å². The molecule has 140 valence electrons. The van der Waals surface area contributed by atoms with Crippen molar-refractivity contribution in [2.45, 2.75) is 0 Å². The van der Waals surface area contributed by atoms with Crippen LogP contribution in [0.3, 0.4) is 0 Å². The Morgan fingerprint density at radius 3 is 2.54 bits per heavy atom. The van der Waals surface area contributed by atoms with Crippen LogP contribution in [0.2, 0.25) is 0 Å². The van der Waals surface area contributed by atoms with Gasteiger partial charge in [-0.3, -0.25) is 4.40 Å². The number of fused-ring (bicyclic) bond motifs is 1. The Morgan fingerprint density at radius 2 is 1.68 bits per heavy atom. The second kappa shape index (κ2) is 7.32. The van der Waals surface area contributed by atoms with Crippen LogP contribution in [0.1, 0.15) is 0 Å². The van der Waals surface area contributed by atoms with Crippen LogP contribution < -0.4 is 9.64 Å². The molecule has 1 saturated heterocycles. The number of nitrogens with zero attached hydrogens (tertiary/aromatic N) is 4. The summed E-state index contributed by atoms with van der Waals surface area (Å²) in [5, 5.41) is 0. The number of hydrogen-bond donors (Lipinski definition) is 0. The van der Waals surface area contributed by atoms with Crippen molar-refractivity contribution in [2.75, 3.05) is 31.2 Å². The Hall–Kier alpha value is -3.38. The van der Waals surface area contributed by atoms with E-state index in [-0.39, 0.29) is 0 Å². The fourth-order valence-electron chi connectivity index (χ4n) is 3.49. The number of imidazole rings is 1. The van der Waals surface area contributed by atoms with Crippen LogP contribution in [0.15, 0.2) is 73.2 Å². The van der Waals surface area contributed by atoms with Gasteiger partial charge in [-0.2, -0.15) is 0 Å². The van der Waals surface area contributed by atoms with Crippen LogP contribution in [0.25, 0.3) is 16.9 Å². The molecular formula is C22H20N4O2. The van der Waals surface area contributed by atoms with E-state index in [9.17, 15) is 0 Å². The van der Waals surface area contributed by atoms with Crippen molar-refractivity contribution in [1.29, 1.82) is 0 Å². The molecule has 0 amide bonds. The molecule has 0 atom stereocenters. The molecule has 1 aliphatic heterocycles. The Balaban J connectivity index is 1.57. The number of para-hydroxylation sites is 2. The van der Waals surface area contributed by atoms with Gasteiger partial charge in [-0.25, -0.2) is 9.97 Å². The number of anilines is 1. The highest BCUT2D eigenvalue weighted by molar-refractivity contribution is 5.74. The van der Waals surface area contributed by atoms with Crippen LogP contribution >= 0.6 is 0 Å². The second-order valence-corrected chi connectivity index (χ2v) is 6.60. The first-order chi connectivity index (χ1) is 13.9. The molecule has 3 heterocycles. The third kappa shape index (κ3) is 3.08. The average Bonchev–Trinajstić information content (AvgIpc) is 3.20. The standard InChI is InChI=1S/C22H20N4O2/c1-2-6-17(7-3-1)28-20-9-5-4-8-18(20)19-16-24-22-21(23-10-11-26(19)22)25-12-14-27-15-13-25/h1-11,16H,12-15H2. The molecule has 0 aliphatic carbocycles. The highest BCUT2D eigenvalue weighted by atomic mass is 16.5. The SMILES string of the molecule is c1ccc(Oc2ccccc2-c2cnc3c(N4CCOCC4)nccn23)cc1. The number of aromatic nitrogens is 3. The summed E-state index contributed by atoms with van der Waals surface area (Å²) in [6.07, 6.45) is 5.65. The third-order valence-electron chi connectivity index (χ3n) is 4.85. The van der Waals surface area contributed by atoms with E-state index in [2.05, 4.69) is 25.3 Å². The predicted molar refractivity (Wildman–Crippen MR) is 108 cm³/mol. The molecule has 0 N–H and O–H groups in total. The van der Waals surface area contributed by atoms with Gasteiger partial charge < -0.3 is 14.4 Å². The minimum atomic E-state index is 0.712. The van der Waals surface area contributed by atoms with Crippen molar-refractivity contribution in [2.24, 2.45) is 0 Å². The van der Waals surface area contributed by atoms with Crippen LogP contribution in [0.4, 0.5) is 5.82 Å². The van der Waals surface area contributed by atoms with Crippen LogP contribution in [-0.2, 0) is 4.74 Å². The normalized spacial score (nSPS) is 14.4. The van der Waals surface area contributed by atoms with Crippen molar-refractivity contribution in [1.82, 2.24) is 14.4 Å². The van der Waals surface area contributed by atoms with E-state index in [1.807, 2.05) is 67.1 Å². The lowest BCUT2D eigenvalue weighted by Gasteiger charge is -2.27. The third-order valence-corrected chi connectivity index (χ3v) is 4.85. The number of hydrogen-bond acceptors (Lipinski definition) is 5. The highest BCUT2D eigenvalue weighted by Gasteiger charge is 2.19. The lowest BCUT2D eigenvalue weighted by Crippen LogP contribution is -2.37. The van der Waals surface area contributed by atoms with Gasteiger partial charge in [0.15, 0.2) is 11.5 Å². The van der Waals surface area contributed by atoms with Gasteiger partial charge in [0.2, 0.25) is 0 Å². The van der Waals surface area contributed by atoms with Crippen molar-refractivity contribution in [3.8, 4) is 22.8 Å². The Labute approximate surface area is 163 Å². The van der Waals surface area contributed by atoms with Crippen molar-refractivity contribution < 1.29 is 9.47 Å².